The van der Waals surface area contributed by atoms with Crippen molar-refractivity contribution in [2.24, 2.45) is 0 Å². The van der Waals surface area contributed by atoms with Crippen LogP contribution >= 0.6 is 0 Å². The maximum atomic E-state index is 11.3. The monoisotopic (exact) mass is 278 g/mol. The second-order valence-corrected chi connectivity index (χ2v) is 5.52. The summed E-state index contributed by atoms with van der Waals surface area (Å²) in [4.78, 5) is 0. The van der Waals surface area contributed by atoms with Crippen molar-refractivity contribution >= 4 is 10.0 Å². The van der Waals surface area contributed by atoms with Crippen molar-refractivity contribution in [2.45, 2.75) is 13.0 Å². The first-order valence-electron chi connectivity index (χ1n) is 5.60. The molecule has 0 aromatic heterocycles. The minimum Gasteiger partial charge on any atom is -0.395 e. The van der Waals surface area contributed by atoms with E-state index in [-0.39, 0.29) is 13.2 Å². The normalized spacial score (nSPS) is 10.3. The van der Waals surface area contributed by atoms with E-state index in [9.17, 15) is 8.42 Å². The maximum absolute atomic E-state index is 11.3. The van der Waals surface area contributed by atoms with Gasteiger partial charge in [-0.1, -0.05) is 24.0 Å². The first-order valence-corrected chi connectivity index (χ1v) is 7.25. The lowest BCUT2D eigenvalue weighted by molar-refractivity contribution is 0.305. The van der Waals surface area contributed by atoms with Gasteiger partial charge in [-0.15, -0.1) is 0 Å². The topological polar surface area (TPSA) is 90.2 Å². The van der Waals surface area contributed by atoms with E-state index in [1.54, 1.807) is 30.3 Å². The van der Waals surface area contributed by atoms with Gasteiger partial charge < -0.3 is 5.11 Å². The van der Waals surface area contributed by atoms with E-state index in [2.05, 4.69) is 16.6 Å². The Morgan fingerprint density at radius 1 is 1.37 bits per heavy atom. The van der Waals surface area contributed by atoms with Crippen LogP contribution in [0.15, 0.2) is 24.3 Å². The molecular formula is C13H14N2O3S. The fraction of sp³-hybridized carbons (Fsp3) is 0.308. The molecule has 0 atom stereocenters. The van der Waals surface area contributed by atoms with Crippen LogP contribution < -0.4 is 4.72 Å². The number of benzene rings is 1. The summed E-state index contributed by atoms with van der Waals surface area (Å²) >= 11 is 0. The molecule has 0 bridgehead atoms. The van der Waals surface area contributed by atoms with Gasteiger partial charge in [-0.2, -0.15) is 5.26 Å². The molecule has 0 fully saturated rings. The molecule has 0 radical (unpaired) electrons. The smallest absolute Gasteiger partial charge is 0.225 e. The number of sulfonamides is 1. The van der Waals surface area contributed by atoms with Crippen LogP contribution in [0, 0.1) is 23.2 Å². The third-order valence-corrected chi connectivity index (χ3v) is 3.24. The average Bonchev–Trinajstić information content (AvgIpc) is 2.37. The highest BCUT2D eigenvalue weighted by atomic mass is 32.2. The van der Waals surface area contributed by atoms with E-state index in [1.165, 1.54) is 0 Å². The molecule has 6 heteroatoms. The van der Waals surface area contributed by atoms with Gasteiger partial charge >= 0.3 is 0 Å². The van der Waals surface area contributed by atoms with E-state index in [0.29, 0.717) is 6.42 Å². The molecule has 0 unspecified atom stereocenters. The number of aliphatic hydroxyl groups is 1. The Labute approximate surface area is 112 Å². The summed E-state index contributed by atoms with van der Waals surface area (Å²) in [5.74, 6) is 5.11. The Balaban J connectivity index is 2.69. The summed E-state index contributed by atoms with van der Waals surface area (Å²) in [5, 5.41) is 17.0. The van der Waals surface area contributed by atoms with Gasteiger partial charge in [-0.25, -0.2) is 13.1 Å². The standard InChI is InChI=1S/C13H14N2O3S/c14-7-9-19(17,18)15-11-13-6-3-5-12(10-13)4-1-2-8-16/h3,5-6,10,15-16H,2,8-9,11H2. The zero-order valence-corrected chi connectivity index (χ0v) is 11.1. The van der Waals surface area contributed by atoms with Gasteiger partial charge in [0.2, 0.25) is 10.0 Å². The van der Waals surface area contributed by atoms with Gasteiger partial charge in [0.05, 0.1) is 12.7 Å². The molecule has 1 rings (SSSR count). The Morgan fingerprint density at radius 3 is 2.84 bits per heavy atom. The van der Waals surface area contributed by atoms with Crippen molar-refractivity contribution in [1.82, 2.24) is 4.72 Å². The molecule has 0 saturated carbocycles. The number of nitrogens with zero attached hydrogens (tertiary/aromatic N) is 1. The van der Waals surface area contributed by atoms with Crippen LogP contribution in [0.4, 0.5) is 0 Å². The lowest BCUT2D eigenvalue weighted by atomic mass is 10.1. The predicted octanol–water partition coefficient (Wildman–Crippen LogP) is 0.363. The molecule has 100 valence electrons. The van der Waals surface area contributed by atoms with Gasteiger partial charge in [0.1, 0.15) is 0 Å². The first-order chi connectivity index (χ1) is 9.07. The van der Waals surface area contributed by atoms with Crippen LogP contribution in [-0.4, -0.2) is 25.9 Å². The summed E-state index contributed by atoms with van der Waals surface area (Å²) in [5.41, 5.74) is 1.52. The largest absolute Gasteiger partial charge is 0.395 e. The Hall–Kier alpha value is -1.86. The van der Waals surface area contributed by atoms with Crippen LogP contribution in [0.25, 0.3) is 0 Å². The molecule has 0 aliphatic carbocycles. The molecule has 19 heavy (non-hydrogen) atoms. The van der Waals surface area contributed by atoms with Gasteiger partial charge in [-0.05, 0) is 17.7 Å². The fourth-order valence-electron chi connectivity index (χ4n) is 1.31. The van der Waals surface area contributed by atoms with Gasteiger partial charge in [0, 0.05) is 18.5 Å². The highest BCUT2D eigenvalue weighted by Gasteiger charge is 2.08. The molecular weight excluding hydrogens is 264 g/mol. The molecule has 0 saturated heterocycles. The number of nitriles is 1. The van der Waals surface area contributed by atoms with Crippen molar-refractivity contribution in [3.63, 3.8) is 0 Å². The molecule has 0 aliphatic heterocycles. The SMILES string of the molecule is N#CCS(=O)(=O)NCc1cccc(C#CCCO)c1. The minimum absolute atomic E-state index is 0.0145. The Kier molecular flexibility index (Phi) is 6.04. The van der Waals surface area contributed by atoms with E-state index < -0.39 is 15.8 Å². The Morgan fingerprint density at radius 2 is 2.16 bits per heavy atom. The van der Waals surface area contributed by atoms with Crippen LogP contribution in [0.5, 0.6) is 0 Å². The average molecular weight is 278 g/mol. The molecule has 0 spiro atoms. The molecule has 0 aliphatic rings. The van der Waals surface area contributed by atoms with Gasteiger partial charge in [0.15, 0.2) is 5.75 Å². The first kappa shape index (κ1) is 15.2. The number of hydrogen-bond acceptors (Lipinski definition) is 4. The zero-order chi connectivity index (χ0) is 14.1. The van der Waals surface area contributed by atoms with E-state index in [4.69, 9.17) is 10.4 Å². The molecule has 1 aromatic rings. The van der Waals surface area contributed by atoms with Gasteiger partial charge in [-0.3, -0.25) is 0 Å². The summed E-state index contributed by atoms with van der Waals surface area (Å²) in [6.07, 6.45) is 0.402. The van der Waals surface area contributed by atoms with E-state index >= 15 is 0 Å². The molecule has 0 amide bonds. The maximum Gasteiger partial charge on any atom is 0.225 e. The Bertz CT molecular complexity index is 621. The second kappa shape index (κ2) is 7.55. The minimum atomic E-state index is -3.54. The van der Waals surface area contributed by atoms with Crippen molar-refractivity contribution < 1.29 is 13.5 Å². The van der Waals surface area contributed by atoms with Crippen LogP contribution in [0.1, 0.15) is 17.5 Å². The summed E-state index contributed by atoms with van der Waals surface area (Å²) in [7, 11) is -3.54. The lowest BCUT2D eigenvalue weighted by Crippen LogP contribution is -2.25. The third-order valence-electron chi connectivity index (χ3n) is 2.15. The lowest BCUT2D eigenvalue weighted by Gasteiger charge is -2.04. The van der Waals surface area contributed by atoms with E-state index in [1.807, 2.05) is 0 Å². The van der Waals surface area contributed by atoms with Crippen molar-refractivity contribution in [2.75, 3.05) is 12.4 Å². The summed E-state index contributed by atoms with van der Waals surface area (Å²) < 4.78 is 25.0. The number of nitrogens with one attached hydrogen (secondary N) is 1. The fourth-order valence-corrected chi connectivity index (χ4v) is 1.97. The van der Waals surface area contributed by atoms with Crippen LogP contribution in [0.2, 0.25) is 0 Å². The van der Waals surface area contributed by atoms with Crippen molar-refractivity contribution in [3.05, 3.63) is 35.4 Å². The summed E-state index contributed by atoms with van der Waals surface area (Å²) in [6, 6.07) is 8.70. The van der Waals surface area contributed by atoms with Crippen LogP contribution in [0.3, 0.4) is 0 Å². The zero-order valence-electron chi connectivity index (χ0n) is 10.3. The predicted molar refractivity (Wildman–Crippen MR) is 71.3 cm³/mol. The molecule has 0 heterocycles. The third kappa shape index (κ3) is 6.03. The van der Waals surface area contributed by atoms with Crippen molar-refractivity contribution in [1.29, 1.82) is 5.26 Å². The number of rotatable bonds is 5. The molecule has 1 aromatic carbocycles. The highest BCUT2D eigenvalue weighted by molar-refractivity contribution is 7.89. The summed E-state index contributed by atoms with van der Waals surface area (Å²) in [6.45, 7) is 0.139. The number of aliphatic hydroxyl groups excluding tert-OH is 1. The van der Waals surface area contributed by atoms with E-state index in [0.717, 1.165) is 11.1 Å². The molecule has 2 N–H and O–H groups in total. The quantitative estimate of drug-likeness (QED) is 0.761. The second-order valence-electron chi connectivity index (χ2n) is 3.71. The highest BCUT2D eigenvalue weighted by Crippen LogP contribution is 2.04. The van der Waals surface area contributed by atoms with Crippen molar-refractivity contribution in [3.8, 4) is 17.9 Å². The van der Waals surface area contributed by atoms with Gasteiger partial charge in [0.25, 0.3) is 0 Å². The van der Waals surface area contributed by atoms with Crippen LogP contribution in [-0.2, 0) is 16.6 Å². The molecule has 5 nitrogen and oxygen atoms in total. The number of hydrogen-bond donors (Lipinski definition) is 2.